The second-order valence-corrected chi connectivity index (χ2v) is 5.28. The average Bonchev–Trinajstić information content (AvgIpc) is 2.93. The van der Waals surface area contributed by atoms with Gasteiger partial charge in [-0.2, -0.15) is 5.10 Å². The molecule has 2 aromatic heterocycles. The molecule has 3 N–H and O–H groups in total. The second-order valence-electron chi connectivity index (χ2n) is 5.28. The topological polar surface area (TPSA) is 92.0 Å². The molecule has 8 heteroatoms. The number of aryl methyl sites for hydroxylation is 1. The molecule has 1 aromatic carbocycles. The smallest absolute Gasteiger partial charge is 0.257 e. The third-order valence-corrected chi connectivity index (χ3v) is 3.41. The van der Waals surface area contributed by atoms with Gasteiger partial charge >= 0.3 is 0 Å². The molecule has 0 fully saturated rings. The molecule has 0 aliphatic rings. The number of ether oxygens (including phenoxy) is 2. The lowest BCUT2D eigenvalue weighted by Crippen LogP contribution is -2.10. The number of H-pyrrole nitrogens is 2. The van der Waals surface area contributed by atoms with Crippen LogP contribution >= 0.6 is 0 Å². The molecule has 0 aliphatic heterocycles. The molecule has 0 saturated heterocycles. The van der Waals surface area contributed by atoms with Gasteiger partial charge in [-0.25, -0.2) is 4.39 Å². The number of hydrogen-bond acceptors (Lipinski definition) is 5. The van der Waals surface area contributed by atoms with Gasteiger partial charge in [0.15, 0.2) is 17.4 Å². The van der Waals surface area contributed by atoms with Crippen LogP contribution in [0, 0.1) is 12.7 Å². The fourth-order valence-corrected chi connectivity index (χ4v) is 2.30. The lowest BCUT2D eigenvalue weighted by Gasteiger charge is -2.09. The minimum absolute atomic E-state index is 0.0219. The summed E-state index contributed by atoms with van der Waals surface area (Å²) in [5.74, 6) is 0.466. The zero-order valence-electron chi connectivity index (χ0n) is 13.3. The highest BCUT2D eigenvalue weighted by Crippen LogP contribution is 2.24. The molecule has 0 unspecified atom stereocenters. The summed E-state index contributed by atoms with van der Waals surface area (Å²) in [6.07, 6.45) is 0. The van der Waals surface area contributed by atoms with Crippen molar-refractivity contribution in [1.29, 1.82) is 0 Å². The highest BCUT2D eigenvalue weighted by Gasteiger charge is 2.10. The summed E-state index contributed by atoms with van der Waals surface area (Å²) >= 11 is 0. The van der Waals surface area contributed by atoms with Gasteiger partial charge in [-0.15, -0.1) is 0 Å². The monoisotopic (exact) mass is 332 g/mol. The quantitative estimate of drug-likeness (QED) is 0.603. The molecule has 0 amide bonds. The molecular formula is C16H17FN4O3. The van der Waals surface area contributed by atoms with Crippen LogP contribution in [0.4, 0.5) is 16.0 Å². The van der Waals surface area contributed by atoms with Crippen molar-refractivity contribution in [2.45, 2.75) is 6.92 Å². The number of halogens is 1. The van der Waals surface area contributed by atoms with E-state index in [4.69, 9.17) is 9.47 Å². The van der Waals surface area contributed by atoms with Crippen molar-refractivity contribution in [3.8, 4) is 5.75 Å². The molecule has 0 radical (unpaired) electrons. The minimum Gasteiger partial charge on any atom is -0.488 e. The van der Waals surface area contributed by atoms with Crippen LogP contribution in [0.3, 0.4) is 0 Å². The summed E-state index contributed by atoms with van der Waals surface area (Å²) in [5.41, 5.74) is 0.531. The standard InChI is InChI=1S/C16H17FN4O3/c1-9-5-15(21-20-9)18-14-7-10-6-12(17)13(24-4-3-23-2)8-11(10)16(22)19-14/h5-8H,3-4H2,1-2H3,(H3,18,19,20,21,22). The number of benzene rings is 1. The van der Waals surface area contributed by atoms with Gasteiger partial charge in [0, 0.05) is 18.9 Å². The van der Waals surface area contributed by atoms with Crippen LogP contribution in [0.2, 0.25) is 0 Å². The van der Waals surface area contributed by atoms with Crippen molar-refractivity contribution in [3.63, 3.8) is 0 Å². The van der Waals surface area contributed by atoms with E-state index in [1.807, 2.05) is 6.92 Å². The van der Waals surface area contributed by atoms with Crippen molar-refractivity contribution < 1.29 is 13.9 Å². The normalized spacial score (nSPS) is 11.0. The first kappa shape index (κ1) is 16.0. The number of fused-ring (bicyclic) bond motifs is 1. The summed E-state index contributed by atoms with van der Waals surface area (Å²) < 4.78 is 24.3. The lowest BCUT2D eigenvalue weighted by atomic mass is 10.1. The molecule has 0 bridgehead atoms. The molecular weight excluding hydrogens is 315 g/mol. The first-order valence-electron chi connectivity index (χ1n) is 7.34. The Morgan fingerprint density at radius 3 is 2.79 bits per heavy atom. The van der Waals surface area contributed by atoms with E-state index in [0.717, 1.165) is 5.69 Å². The molecule has 3 aromatic rings. The summed E-state index contributed by atoms with van der Waals surface area (Å²) in [6.45, 7) is 2.40. The zero-order valence-corrected chi connectivity index (χ0v) is 13.3. The Bertz CT molecular complexity index is 919. The van der Waals surface area contributed by atoms with E-state index in [2.05, 4.69) is 20.5 Å². The Kier molecular flexibility index (Phi) is 4.48. The number of anilines is 2. The maximum atomic E-state index is 14.1. The first-order chi connectivity index (χ1) is 11.6. The van der Waals surface area contributed by atoms with Gasteiger partial charge < -0.3 is 19.8 Å². The van der Waals surface area contributed by atoms with Crippen LogP contribution in [0.5, 0.6) is 5.75 Å². The van der Waals surface area contributed by atoms with E-state index < -0.39 is 5.82 Å². The molecule has 24 heavy (non-hydrogen) atoms. The van der Waals surface area contributed by atoms with Crippen LogP contribution in [-0.2, 0) is 4.74 Å². The van der Waals surface area contributed by atoms with Gasteiger partial charge in [-0.1, -0.05) is 0 Å². The molecule has 2 heterocycles. The molecule has 3 rings (SSSR count). The van der Waals surface area contributed by atoms with Gasteiger partial charge in [0.2, 0.25) is 0 Å². The van der Waals surface area contributed by atoms with Crippen molar-refractivity contribution >= 4 is 22.4 Å². The minimum atomic E-state index is -0.536. The van der Waals surface area contributed by atoms with Gasteiger partial charge in [-0.05, 0) is 30.5 Å². The van der Waals surface area contributed by atoms with Crippen LogP contribution in [0.15, 0.2) is 29.1 Å². The van der Waals surface area contributed by atoms with Crippen LogP contribution in [0.1, 0.15) is 5.69 Å². The third kappa shape index (κ3) is 3.38. The molecule has 126 valence electrons. The molecule has 7 nitrogen and oxygen atoms in total. The van der Waals surface area contributed by atoms with E-state index in [9.17, 15) is 9.18 Å². The van der Waals surface area contributed by atoms with Crippen molar-refractivity contribution in [1.82, 2.24) is 15.2 Å². The highest BCUT2D eigenvalue weighted by molar-refractivity contribution is 5.85. The van der Waals surface area contributed by atoms with E-state index in [0.29, 0.717) is 29.0 Å². The van der Waals surface area contributed by atoms with Gasteiger partial charge in [0.25, 0.3) is 5.56 Å². The SMILES string of the molecule is COCCOc1cc2c(=O)[nH]c(Nc3cc(C)[nH]n3)cc2cc1F. The Morgan fingerprint density at radius 1 is 1.25 bits per heavy atom. The number of methoxy groups -OCH3 is 1. The number of rotatable bonds is 6. The van der Waals surface area contributed by atoms with Crippen molar-refractivity contribution in [2.75, 3.05) is 25.6 Å². The number of hydrogen-bond donors (Lipinski definition) is 3. The van der Waals surface area contributed by atoms with E-state index in [-0.39, 0.29) is 17.9 Å². The number of aromatic nitrogens is 3. The van der Waals surface area contributed by atoms with E-state index >= 15 is 0 Å². The Labute approximate surface area is 136 Å². The van der Waals surface area contributed by atoms with Crippen LogP contribution < -0.4 is 15.6 Å². The average molecular weight is 332 g/mol. The van der Waals surface area contributed by atoms with Crippen LogP contribution in [-0.4, -0.2) is 35.5 Å². The van der Waals surface area contributed by atoms with Gasteiger partial charge in [-0.3, -0.25) is 9.89 Å². The predicted molar refractivity (Wildman–Crippen MR) is 88.5 cm³/mol. The summed E-state index contributed by atoms with van der Waals surface area (Å²) in [6, 6.07) is 6.09. The molecule has 0 spiro atoms. The van der Waals surface area contributed by atoms with Gasteiger partial charge in [0.05, 0.1) is 12.0 Å². The third-order valence-electron chi connectivity index (χ3n) is 3.41. The Balaban J connectivity index is 1.93. The molecule has 0 aliphatic carbocycles. The summed E-state index contributed by atoms with van der Waals surface area (Å²) in [5, 5.41) is 10.6. The summed E-state index contributed by atoms with van der Waals surface area (Å²) in [4.78, 5) is 15.0. The maximum Gasteiger partial charge on any atom is 0.257 e. The summed E-state index contributed by atoms with van der Waals surface area (Å²) in [7, 11) is 1.53. The Morgan fingerprint density at radius 2 is 2.08 bits per heavy atom. The zero-order chi connectivity index (χ0) is 17.1. The maximum absolute atomic E-state index is 14.1. The first-order valence-corrected chi connectivity index (χ1v) is 7.34. The molecule has 0 atom stereocenters. The second kappa shape index (κ2) is 6.71. The number of nitrogens with one attached hydrogen (secondary N) is 3. The van der Waals surface area contributed by atoms with Crippen molar-refractivity contribution in [2.24, 2.45) is 0 Å². The lowest BCUT2D eigenvalue weighted by molar-refractivity contribution is 0.144. The predicted octanol–water partition coefficient (Wildman–Crippen LogP) is 2.47. The highest BCUT2D eigenvalue weighted by atomic mass is 19.1. The Hall–Kier alpha value is -2.87. The molecule has 0 saturated carbocycles. The van der Waals surface area contributed by atoms with Crippen molar-refractivity contribution in [3.05, 3.63) is 46.1 Å². The van der Waals surface area contributed by atoms with E-state index in [1.54, 1.807) is 12.1 Å². The van der Waals surface area contributed by atoms with Crippen LogP contribution in [0.25, 0.3) is 10.8 Å². The van der Waals surface area contributed by atoms with Gasteiger partial charge in [0.1, 0.15) is 12.4 Å². The fourth-order valence-electron chi connectivity index (χ4n) is 2.30. The fraction of sp³-hybridized carbons (Fsp3) is 0.250. The van der Waals surface area contributed by atoms with E-state index in [1.165, 1.54) is 19.2 Å². The number of nitrogens with zero attached hydrogens (tertiary/aromatic N) is 1. The number of aromatic amines is 2. The largest absolute Gasteiger partial charge is 0.488 e. The number of pyridine rings is 1.